The van der Waals surface area contributed by atoms with Gasteiger partial charge in [-0.25, -0.2) is 0 Å². The fourth-order valence-electron chi connectivity index (χ4n) is 1.58. The van der Waals surface area contributed by atoms with Crippen LogP contribution in [0.2, 0.25) is 18.1 Å². The van der Waals surface area contributed by atoms with E-state index < -0.39 is 8.32 Å². The Morgan fingerprint density at radius 1 is 1.00 bits per heavy atom. The van der Waals surface area contributed by atoms with Crippen LogP contribution in [0.25, 0.3) is 0 Å². The maximum atomic E-state index is 6.33. The molecule has 114 valence electrons. The second kappa shape index (κ2) is 5.41. The Bertz CT molecular complexity index is 470. The molecule has 0 aliphatic rings. The number of hydrogen-bond acceptors (Lipinski definition) is 3. The summed E-state index contributed by atoms with van der Waals surface area (Å²) >= 11 is 0. The van der Waals surface area contributed by atoms with Crippen molar-refractivity contribution in [2.24, 2.45) is 5.73 Å². The van der Waals surface area contributed by atoms with Gasteiger partial charge in [0, 0.05) is 5.54 Å². The van der Waals surface area contributed by atoms with Gasteiger partial charge in [0.2, 0.25) is 0 Å². The van der Waals surface area contributed by atoms with Crippen LogP contribution in [0.15, 0.2) is 18.2 Å². The van der Waals surface area contributed by atoms with Crippen molar-refractivity contribution in [2.45, 2.75) is 58.3 Å². The second-order valence-corrected chi connectivity index (χ2v) is 12.2. The number of benzene rings is 1. The van der Waals surface area contributed by atoms with Crippen LogP contribution >= 0.6 is 0 Å². The predicted octanol–water partition coefficient (Wildman–Crippen LogP) is 4.27. The van der Waals surface area contributed by atoms with Crippen LogP contribution in [0.5, 0.6) is 11.5 Å². The molecule has 0 fully saturated rings. The normalized spacial score (nSPS) is 13.2. The predicted molar refractivity (Wildman–Crippen MR) is 88.0 cm³/mol. The first-order valence-corrected chi connectivity index (χ1v) is 9.96. The molecule has 4 heteroatoms. The molecule has 1 aromatic rings. The Labute approximate surface area is 124 Å². The largest absolute Gasteiger partial charge is 0.541 e. The van der Waals surface area contributed by atoms with Crippen molar-refractivity contribution in [3.8, 4) is 11.5 Å². The highest BCUT2D eigenvalue weighted by atomic mass is 28.4. The monoisotopic (exact) mass is 295 g/mol. The van der Waals surface area contributed by atoms with Crippen molar-refractivity contribution < 1.29 is 9.16 Å². The summed E-state index contributed by atoms with van der Waals surface area (Å²) in [5.74, 6) is 1.57. The molecule has 0 bridgehead atoms. The summed E-state index contributed by atoms with van der Waals surface area (Å²) in [5.41, 5.74) is 6.79. The number of nitrogens with two attached hydrogens (primary N) is 1. The molecule has 0 aliphatic carbocycles. The molecule has 0 atom stereocenters. The fraction of sp³-hybridized carbons (Fsp3) is 0.625. The van der Waals surface area contributed by atoms with Crippen LogP contribution in [0.1, 0.15) is 40.2 Å². The number of rotatable bonds is 4. The molecule has 0 saturated carbocycles. The van der Waals surface area contributed by atoms with Gasteiger partial charge in [0.05, 0.1) is 7.11 Å². The molecule has 0 heterocycles. The smallest absolute Gasteiger partial charge is 0.250 e. The molecular weight excluding hydrogens is 266 g/mol. The van der Waals surface area contributed by atoms with Gasteiger partial charge in [0.25, 0.3) is 8.32 Å². The molecule has 0 amide bonds. The van der Waals surface area contributed by atoms with Gasteiger partial charge < -0.3 is 14.9 Å². The highest BCUT2D eigenvalue weighted by molar-refractivity contribution is 6.74. The third-order valence-electron chi connectivity index (χ3n) is 4.08. The molecule has 0 radical (unpaired) electrons. The highest BCUT2D eigenvalue weighted by Gasteiger charge is 2.39. The first-order chi connectivity index (χ1) is 8.88. The van der Waals surface area contributed by atoms with Gasteiger partial charge in [-0.1, -0.05) is 26.8 Å². The number of hydrogen-bond donors (Lipinski definition) is 1. The second-order valence-electron chi connectivity index (χ2n) is 7.45. The molecular formula is C16H29NO2Si. The van der Waals surface area contributed by atoms with Crippen LogP contribution in [-0.4, -0.2) is 15.4 Å². The quantitative estimate of drug-likeness (QED) is 0.844. The molecule has 0 spiro atoms. The van der Waals surface area contributed by atoms with E-state index in [0.717, 1.165) is 17.1 Å². The number of ether oxygens (including phenoxy) is 1. The van der Waals surface area contributed by atoms with E-state index >= 15 is 0 Å². The first-order valence-electron chi connectivity index (χ1n) is 7.05. The molecule has 0 saturated heterocycles. The Morgan fingerprint density at radius 2 is 1.55 bits per heavy atom. The van der Waals surface area contributed by atoms with E-state index in [4.69, 9.17) is 14.9 Å². The van der Waals surface area contributed by atoms with E-state index in [2.05, 4.69) is 33.9 Å². The lowest BCUT2D eigenvalue weighted by atomic mass is 9.95. The van der Waals surface area contributed by atoms with Crippen molar-refractivity contribution in [3.05, 3.63) is 23.8 Å². The molecule has 20 heavy (non-hydrogen) atoms. The maximum Gasteiger partial charge on any atom is 0.250 e. The van der Waals surface area contributed by atoms with E-state index in [-0.39, 0.29) is 10.6 Å². The molecule has 1 aromatic carbocycles. The third kappa shape index (κ3) is 3.76. The van der Waals surface area contributed by atoms with Crippen LogP contribution in [0, 0.1) is 0 Å². The van der Waals surface area contributed by atoms with Crippen molar-refractivity contribution in [2.75, 3.05) is 7.11 Å². The minimum Gasteiger partial charge on any atom is -0.541 e. The molecule has 2 N–H and O–H groups in total. The minimum absolute atomic E-state index is 0.157. The zero-order chi connectivity index (χ0) is 15.8. The Hall–Kier alpha value is -1.00. The first kappa shape index (κ1) is 17.0. The summed E-state index contributed by atoms with van der Waals surface area (Å²) in [6.45, 7) is 15.1. The summed E-state index contributed by atoms with van der Waals surface area (Å²) in [7, 11) is -0.200. The lowest BCUT2D eigenvalue weighted by molar-refractivity contribution is 0.383. The number of methoxy groups -OCH3 is 1. The zero-order valence-corrected chi connectivity index (χ0v) is 15.1. The summed E-state index contributed by atoms with van der Waals surface area (Å²) in [6, 6.07) is 5.97. The lowest BCUT2D eigenvalue weighted by Gasteiger charge is -2.37. The van der Waals surface area contributed by atoms with Crippen molar-refractivity contribution >= 4 is 8.32 Å². The van der Waals surface area contributed by atoms with Gasteiger partial charge >= 0.3 is 0 Å². The Balaban J connectivity index is 3.15. The Morgan fingerprint density at radius 3 is 1.95 bits per heavy atom. The Kier molecular flexibility index (Phi) is 4.61. The summed E-state index contributed by atoms with van der Waals surface area (Å²) in [5, 5.41) is 0.157. The van der Waals surface area contributed by atoms with E-state index in [9.17, 15) is 0 Å². The topological polar surface area (TPSA) is 44.5 Å². The SMILES string of the molecule is COc1cc(C(C)(C)N)ccc1O[Si](C)(C)C(C)(C)C. The van der Waals surface area contributed by atoms with Crippen LogP contribution in [0.4, 0.5) is 0 Å². The average Bonchev–Trinajstić information content (AvgIpc) is 2.26. The van der Waals surface area contributed by atoms with Crippen molar-refractivity contribution in [3.63, 3.8) is 0 Å². The third-order valence-corrected chi connectivity index (χ3v) is 8.42. The van der Waals surface area contributed by atoms with E-state index in [1.54, 1.807) is 7.11 Å². The standard InChI is InChI=1S/C16H29NO2Si/c1-15(2,3)20(7,8)19-13-10-9-12(16(4,5)17)11-14(13)18-6/h9-11H,17H2,1-8H3. The van der Waals surface area contributed by atoms with Crippen LogP contribution in [0.3, 0.4) is 0 Å². The van der Waals surface area contributed by atoms with E-state index in [0.29, 0.717) is 0 Å². The van der Waals surface area contributed by atoms with Gasteiger partial charge in [-0.3, -0.25) is 0 Å². The molecule has 1 rings (SSSR count). The summed E-state index contributed by atoms with van der Waals surface area (Å²) in [4.78, 5) is 0. The van der Waals surface area contributed by atoms with Gasteiger partial charge in [0.1, 0.15) is 5.75 Å². The van der Waals surface area contributed by atoms with Gasteiger partial charge in [0.15, 0.2) is 5.75 Å². The summed E-state index contributed by atoms with van der Waals surface area (Å²) < 4.78 is 11.8. The highest BCUT2D eigenvalue weighted by Crippen LogP contribution is 2.40. The zero-order valence-electron chi connectivity index (χ0n) is 14.1. The molecule has 3 nitrogen and oxygen atoms in total. The van der Waals surface area contributed by atoms with Gasteiger partial charge in [-0.15, -0.1) is 0 Å². The molecule has 0 aliphatic heterocycles. The maximum absolute atomic E-state index is 6.33. The van der Waals surface area contributed by atoms with Crippen LogP contribution < -0.4 is 14.9 Å². The van der Waals surface area contributed by atoms with Crippen molar-refractivity contribution in [1.82, 2.24) is 0 Å². The fourth-order valence-corrected chi connectivity index (χ4v) is 2.61. The van der Waals surface area contributed by atoms with Gasteiger partial charge in [-0.2, -0.15) is 0 Å². The lowest BCUT2D eigenvalue weighted by Crippen LogP contribution is -2.44. The minimum atomic E-state index is -1.87. The average molecular weight is 295 g/mol. The molecule has 0 aromatic heterocycles. The molecule has 0 unspecified atom stereocenters. The van der Waals surface area contributed by atoms with Crippen molar-refractivity contribution in [1.29, 1.82) is 0 Å². The van der Waals surface area contributed by atoms with Gasteiger partial charge in [-0.05, 0) is 49.7 Å². The van der Waals surface area contributed by atoms with E-state index in [1.807, 2.05) is 32.0 Å². The van der Waals surface area contributed by atoms with E-state index in [1.165, 1.54) is 0 Å². The summed E-state index contributed by atoms with van der Waals surface area (Å²) in [6.07, 6.45) is 0. The van der Waals surface area contributed by atoms with Crippen LogP contribution in [-0.2, 0) is 5.54 Å².